The van der Waals surface area contributed by atoms with E-state index in [0.717, 1.165) is 89.9 Å². The maximum absolute atomic E-state index is 12.6. The first-order valence-corrected chi connectivity index (χ1v) is 22.3. The molecule has 0 fully saturated rings. The SMILES string of the molecule is CC/C=C\C/C=C\C/C=C\C/C=C\C/C=C\CCCCCC(=O)OC(COC(=O)CCCC/C=C\C/C=C\C/C=C\C/C=C\CC)COP(=O)(O)OCCNC. The Morgan fingerprint density at radius 1 is 0.554 bits per heavy atom. The molecule has 0 radical (unpaired) electrons. The highest BCUT2D eigenvalue weighted by molar-refractivity contribution is 7.47. The van der Waals surface area contributed by atoms with Crippen LogP contribution in [-0.2, 0) is 32.7 Å². The van der Waals surface area contributed by atoms with Crippen LogP contribution in [0.1, 0.15) is 129 Å². The summed E-state index contributed by atoms with van der Waals surface area (Å²) in [4.78, 5) is 35.0. The van der Waals surface area contributed by atoms with Gasteiger partial charge in [-0.3, -0.25) is 18.6 Å². The molecule has 0 aliphatic rings. The summed E-state index contributed by atoms with van der Waals surface area (Å²) in [6.07, 6.45) is 52.8. The lowest BCUT2D eigenvalue weighted by Crippen LogP contribution is -2.29. The van der Waals surface area contributed by atoms with E-state index >= 15 is 0 Å². The highest BCUT2D eigenvalue weighted by Gasteiger charge is 2.26. The predicted octanol–water partition coefficient (Wildman–Crippen LogP) is 11.9. The summed E-state index contributed by atoms with van der Waals surface area (Å²) in [6, 6.07) is 0. The third-order valence-corrected chi connectivity index (χ3v) is 8.87. The number of hydrogen-bond acceptors (Lipinski definition) is 8. The monoisotopic (exact) mass is 800 g/mol. The second-order valence-electron chi connectivity index (χ2n) is 13.1. The van der Waals surface area contributed by atoms with Gasteiger partial charge in [-0.15, -0.1) is 0 Å². The van der Waals surface area contributed by atoms with Crippen molar-refractivity contribution in [3.05, 3.63) is 109 Å². The van der Waals surface area contributed by atoms with Crippen LogP contribution < -0.4 is 5.32 Å². The first-order chi connectivity index (χ1) is 27.3. The number of nitrogens with one attached hydrogen (secondary N) is 1. The second-order valence-corrected chi connectivity index (χ2v) is 14.5. The molecule has 9 nitrogen and oxygen atoms in total. The lowest BCUT2D eigenvalue weighted by molar-refractivity contribution is -0.161. The third kappa shape index (κ3) is 40.3. The summed E-state index contributed by atoms with van der Waals surface area (Å²) in [7, 11) is -2.69. The number of hydrogen-bond donors (Lipinski definition) is 2. The van der Waals surface area contributed by atoms with Gasteiger partial charge in [-0.2, -0.15) is 0 Å². The molecule has 0 saturated heterocycles. The van der Waals surface area contributed by atoms with Crippen LogP contribution in [0.4, 0.5) is 0 Å². The van der Waals surface area contributed by atoms with E-state index < -0.39 is 32.5 Å². The van der Waals surface area contributed by atoms with Crippen LogP contribution in [0.25, 0.3) is 0 Å². The van der Waals surface area contributed by atoms with Gasteiger partial charge in [0, 0.05) is 19.4 Å². The minimum Gasteiger partial charge on any atom is -0.462 e. The molecule has 0 aromatic carbocycles. The van der Waals surface area contributed by atoms with Gasteiger partial charge in [0.25, 0.3) is 0 Å². The lowest BCUT2D eigenvalue weighted by atomic mass is 10.1. The van der Waals surface area contributed by atoms with E-state index in [1.54, 1.807) is 7.05 Å². The zero-order valence-corrected chi connectivity index (χ0v) is 35.7. The van der Waals surface area contributed by atoms with Crippen LogP contribution in [0.15, 0.2) is 109 Å². The first kappa shape index (κ1) is 52.7. The Balaban J connectivity index is 4.41. The van der Waals surface area contributed by atoms with E-state index in [0.29, 0.717) is 19.4 Å². The Hall–Kier alpha value is -3.33. The molecule has 0 rings (SSSR count). The summed E-state index contributed by atoms with van der Waals surface area (Å²) < 4.78 is 33.1. The molecular formula is C46H74NO8P. The van der Waals surface area contributed by atoms with Crippen molar-refractivity contribution in [2.75, 3.05) is 33.4 Å². The van der Waals surface area contributed by atoms with Crippen molar-refractivity contribution in [2.45, 2.75) is 136 Å². The fourth-order valence-corrected chi connectivity index (χ4v) is 5.55. The van der Waals surface area contributed by atoms with Gasteiger partial charge in [-0.1, -0.05) is 130 Å². The van der Waals surface area contributed by atoms with Crippen LogP contribution in [-0.4, -0.2) is 56.3 Å². The van der Waals surface area contributed by atoms with E-state index in [9.17, 15) is 19.0 Å². The van der Waals surface area contributed by atoms with E-state index in [1.165, 1.54) is 0 Å². The summed E-state index contributed by atoms with van der Waals surface area (Å²) in [5.74, 6) is -0.907. The van der Waals surface area contributed by atoms with Gasteiger partial charge in [-0.25, -0.2) is 4.57 Å². The maximum Gasteiger partial charge on any atom is 0.472 e. The zero-order valence-electron chi connectivity index (χ0n) is 34.8. The van der Waals surface area contributed by atoms with E-state index in [4.69, 9.17) is 18.5 Å². The van der Waals surface area contributed by atoms with E-state index in [2.05, 4.69) is 129 Å². The number of phosphoric acid groups is 1. The molecule has 0 aliphatic heterocycles. The molecule has 0 amide bonds. The van der Waals surface area contributed by atoms with Crippen LogP contribution in [0, 0.1) is 0 Å². The van der Waals surface area contributed by atoms with Crippen LogP contribution in [0.3, 0.4) is 0 Å². The number of allylic oxidation sites excluding steroid dienone is 18. The molecule has 0 aromatic rings. The fraction of sp³-hybridized carbons (Fsp3) is 0.565. The largest absolute Gasteiger partial charge is 0.472 e. The topological polar surface area (TPSA) is 120 Å². The summed E-state index contributed by atoms with van der Waals surface area (Å²) >= 11 is 0. The number of unbranched alkanes of at least 4 members (excludes halogenated alkanes) is 5. The quantitative estimate of drug-likeness (QED) is 0.0274. The second kappa shape index (κ2) is 41.3. The fourth-order valence-electron chi connectivity index (χ4n) is 4.80. The summed E-state index contributed by atoms with van der Waals surface area (Å²) in [5.41, 5.74) is 0. The molecule has 0 bridgehead atoms. The van der Waals surface area contributed by atoms with Crippen molar-refractivity contribution in [3.8, 4) is 0 Å². The molecule has 0 spiro atoms. The number of likely N-dealkylation sites (N-methyl/N-ethyl adjacent to an activating group) is 1. The highest BCUT2D eigenvalue weighted by atomic mass is 31.2. The van der Waals surface area contributed by atoms with Crippen molar-refractivity contribution in [2.24, 2.45) is 0 Å². The highest BCUT2D eigenvalue weighted by Crippen LogP contribution is 2.43. The van der Waals surface area contributed by atoms with Crippen LogP contribution >= 0.6 is 7.82 Å². The van der Waals surface area contributed by atoms with Crippen molar-refractivity contribution < 1.29 is 37.6 Å². The lowest BCUT2D eigenvalue weighted by Gasteiger charge is -2.20. The minimum atomic E-state index is -4.38. The molecular weight excluding hydrogens is 725 g/mol. The zero-order chi connectivity index (χ0) is 41.1. The molecule has 56 heavy (non-hydrogen) atoms. The van der Waals surface area contributed by atoms with Gasteiger partial charge in [0.15, 0.2) is 6.10 Å². The Morgan fingerprint density at radius 2 is 0.964 bits per heavy atom. The molecule has 2 unspecified atom stereocenters. The maximum atomic E-state index is 12.6. The van der Waals surface area contributed by atoms with Crippen LogP contribution in [0.2, 0.25) is 0 Å². The van der Waals surface area contributed by atoms with Gasteiger partial charge in [-0.05, 0) is 103 Å². The predicted molar refractivity (Wildman–Crippen MR) is 233 cm³/mol. The Kier molecular flexibility index (Phi) is 38.9. The normalized spacial score (nSPS) is 14.4. The average Bonchev–Trinajstić information content (AvgIpc) is 3.18. The van der Waals surface area contributed by atoms with Crippen molar-refractivity contribution >= 4 is 19.8 Å². The average molecular weight is 800 g/mol. The van der Waals surface area contributed by atoms with Crippen molar-refractivity contribution in [1.29, 1.82) is 0 Å². The van der Waals surface area contributed by atoms with Gasteiger partial charge >= 0.3 is 19.8 Å². The van der Waals surface area contributed by atoms with E-state index in [-0.39, 0.29) is 26.1 Å². The molecule has 10 heteroatoms. The number of ether oxygens (including phenoxy) is 2. The van der Waals surface area contributed by atoms with Gasteiger partial charge in [0.2, 0.25) is 0 Å². The van der Waals surface area contributed by atoms with Gasteiger partial charge in [0.1, 0.15) is 6.61 Å². The molecule has 0 saturated carbocycles. The summed E-state index contributed by atoms with van der Waals surface area (Å²) in [6.45, 7) is 3.87. The Morgan fingerprint density at radius 3 is 1.43 bits per heavy atom. The number of esters is 2. The first-order valence-electron chi connectivity index (χ1n) is 20.8. The molecule has 0 aromatic heterocycles. The van der Waals surface area contributed by atoms with Crippen molar-refractivity contribution in [3.63, 3.8) is 0 Å². The standard InChI is InChI=1S/C46H74NO8P/c1-4-6-8-10-12-14-16-18-20-21-22-23-25-27-29-31-33-35-37-39-46(49)55-44(43-54-56(50,51)53-41-40-47-3)42-52-45(48)38-36-34-32-30-28-26-24-19-17-15-13-11-9-7-5-2/h6-9,12-15,18-20,22-24,27-30,44,47H,4-5,10-11,16-17,21,25-26,31-43H2,1-3H3,(H,50,51)/b8-6-,9-7-,14-12-,15-13-,20-18-,23-22-,24-19-,29-27-,30-28-. The minimum absolute atomic E-state index is 0.0374. The number of phosphoric ester groups is 1. The summed E-state index contributed by atoms with van der Waals surface area (Å²) in [5, 5.41) is 2.81. The van der Waals surface area contributed by atoms with Gasteiger partial charge < -0.3 is 19.7 Å². The third-order valence-electron chi connectivity index (χ3n) is 7.89. The smallest absolute Gasteiger partial charge is 0.462 e. The molecule has 0 heterocycles. The molecule has 2 atom stereocenters. The van der Waals surface area contributed by atoms with E-state index in [1.807, 2.05) is 0 Å². The molecule has 0 aliphatic carbocycles. The molecule has 316 valence electrons. The van der Waals surface area contributed by atoms with Crippen molar-refractivity contribution in [1.82, 2.24) is 5.32 Å². The molecule has 2 N–H and O–H groups in total. The number of rotatable bonds is 37. The Labute approximate surface area is 340 Å². The number of carbonyl (C=O) groups excluding carboxylic acids is 2. The number of carbonyl (C=O) groups is 2. The Bertz CT molecular complexity index is 1280. The van der Waals surface area contributed by atoms with Crippen LogP contribution in [0.5, 0.6) is 0 Å². The van der Waals surface area contributed by atoms with Gasteiger partial charge in [0.05, 0.1) is 13.2 Å².